The third-order valence-corrected chi connectivity index (χ3v) is 4.63. The van der Waals surface area contributed by atoms with E-state index >= 15 is 0 Å². The van der Waals surface area contributed by atoms with E-state index in [2.05, 4.69) is 29.1 Å². The minimum atomic E-state index is -0.345. The van der Waals surface area contributed by atoms with E-state index in [0.29, 0.717) is 11.3 Å². The molecule has 6 nitrogen and oxygen atoms in total. The van der Waals surface area contributed by atoms with Gasteiger partial charge in [0.05, 0.1) is 11.6 Å². The van der Waals surface area contributed by atoms with Gasteiger partial charge < -0.3 is 4.90 Å². The molecule has 0 radical (unpaired) electrons. The molecule has 3 rings (SSSR count). The summed E-state index contributed by atoms with van der Waals surface area (Å²) in [7, 11) is 3.54. The van der Waals surface area contributed by atoms with Crippen LogP contribution in [0.4, 0.5) is 5.69 Å². The summed E-state index contributed by atoms with van der Waals surface area (Å²) < 4.78 is 0. The number of carbonyl (C=O) groups excluding carboxylic acids is 1. The molecule has 2 heterocycles. The zero-order chi connectivity index (χ0) is 18.1. The van der Waals surface area contributed by atoms with E-state index in [0.717, 1.165) is 46.8 Å². The minimum absolute atomic E-state index is 0.294. The number of amides is 1. The zero-order valence-corrected chi connectivity index (χ0v) is 14.7. The number of fused-ring (bicyclic) bond motifs is 1. The van der Waals surface area contributed by atoms with E-state index in [1.54, 1.807) is 12.3 Å². The number of pyridine rings is 1. The van der Waals surface area contributed by atoms with Crippen molar-refractivity contribution in [3.8, 4) is 17.2 Å². The Morgan fingerprint density at radius 2 is 2.12 bits per heavy atom. The summed E-state index contributed by atoms with van der Waals surface area (Å²) in [5.74, 6) is 5.15. The van der Waals surface area contributed by atoms with Crippen LogP contribution in [0.3, 0.4) is 0 Å². The van der Waals surface area contributed by atoms with Gasteiger partial charge in [0.15, 0.2) is 0 Å². The van der Waals surface area contributed by atoms with Gasteiger partial charge in [0, 0.05) is 43.7 Å². The largest absolute Gasteiger partial charge is 0.374 e. The first-order chi connectivity index (χ1) is 11.9. The Labute approximate surface area is 147 Å². The highest BCUT2D eigenvalue weighted by molar-refractivity contribution is 5.92. The maximum Gasteiger partial charge on any atom is 0.286 e. The van der Waals surface area contributed by atoms with Gasteiger partial charge >= 0.3 is 0 Å². The SMILES string of the molecule is Cc1cc(C(=O)N(C)N)ncc1-c1cc2c(cc1C#N)N(C)CCC2. The van der Waals surface area contributed by atoms with Crippen LogP contribution >= 0.6 is 0 Å². The van der Waals surface area contributed by atoms with Crippen molar-refractivity contribution in [1.29, 1.82) is 5.26 Å². The fourth-order valence-electron chi connectivity index (χ4n) is 3.27. The molecular weight excluding hydrogens is 314 g/mol. The van der Waals surface area contributed by atoms with Gasteiger partial charge in [0.25, 0.3) is 5.91 Å². The number of hydrazine groups is 1. The van der Waals surface area contributed by atoms with E-state index in [9.17, 15) is 10.1 Å². The molecule has 1 amide bonds. The van der Waals surface area contributed by atoms with Gasteiger partial charge in [-0.15, -0.1) is 0 Å². The maximum absolute atomic E-state index is 12.0. The molecule has 128 valence electrons. The number of nitrogens with two attached hydrogens (primary N) is 1. The monoisotopic (exact) mass is 335 g/mol. The lowest BCUT2D eigenvalue weighted by atomic mass is 9.91. The van der Waals surface area contributed by atoms with Crippen LogP contribution in [0.1, 0.15) is 33.6 Å². The number of nitriles is 1. The molecule has 0 saturated heterocycles. The summed E-state index contributed by atoms with van der Waals surface area (Å²) in [6, 6.07) is 8.06. The van der Waals surface area contributed by atoms with E-state index in [1.165, 1.54) is 12.6 Å². The lowest BCUT2D eigenvalue weighted by molar-refractivity contribution is 0.0789. The first kappa shape index (κ1) is 16.9. The van der Waals surface area contributed by atoms with Crippen LogP contribution in [0.15, 0.2) is 24.4 Å². The van der Waals surface area contributed by atoms with Gasteiger partial charge in [0.2, 0.25) is 0 Å². The van der Waals surface area contributed by atoms with Crippen LogP contribution in [0, 0.1) is 18.3 Å². The molecule has 0 saturated carbocycles. The molecule has 0 aliphatic carbocycles. The first-order valence-corrected chi connectivity index (χ1v) is 8.20. The van der Waals surface area contributed by atoms with E-state index < -0.39 is 0 Å². The number of benzene rings is 1. The first-order valence-electron chi connectivity index (χ1n) is 8.20. The quantitative estimate of drug-likeness (QED) is 0.517. The Bertz CT molecular complexity index is 882. The number of nitrogens with zero attached hydrogens (tertiary/aromatic N) is 4. The molecule has 2 aromatic rings. The van der Waals surface area contributed by atoms with Crippen LogP contribution in [-0.4, -0.2) is 36.5 Å². The molecule has 0 fully saturated rings. The minimum Gasteiger partial charge on any atom is -0.374 e. The number of rotatable bonds is 2. The van der Waals surface area contributed by atoms with Crippen molar-refractivity contribution in [1.82, 2.24) is 9.99 Å². The Morgan fingerprint density at radius 1 is 1.36 bits per heavy atom. The highest BCUT2D eigenvalue weighted by Crippen LogP contribution is 2.35. The van der Waals surface area contributed by atoms with Crippen molar-refractivity contribution in [2.24, 2.45) is 5.84 Å². The summed E-state index contributed by atoms with van der Waals surface area (Å²) in [5.41, 5.74) is 5.89. The number of anilines is 1. The standard InChI is InChI=1S/C19H21N5O/c1-12-7-17(19(25)24(3)21)22-11-16(12)15-8-13-5-4-6-23(2)18(13)9-14(15)10-20/h7-9,11H,4-6,21H2,1-3H3. The lowest BCUT2D eigenvalue weighted by Crippen LogP contribution is -2.33. The van der Waals surface area contributed by atoms with Crippen molar-refractivity contribution >= 4 is 11.6 Å². The molecule has 0 unspecified atom stereocenters. The number of carbonyl (C=O) groups is 1. The summed E-state index contributed by atoms with van der Waals surface area (Å²) >= 11 is 0. The van der Waals surface area contributed by atoms with Crippen LogP contribution < -0.4 is 10.7 Å². The fourth-order valence-corrected chi connectivity index (χ4v) is 3.27. The molecule has 0 atom stereocenters. The zero-order valence-electron chi connectivity index (χ0n) is 14.7. The summed E-state index contributed by atoms with van der Waals surface area (Å²) in [4.78, 5) is 18.4. The predicted molar refractivity (Wildman–Crippen MR) is 97.0 cm³/mol. The molecule has 1 aromatic heterocycles. The molecule has 1 aliphatic heterocycles. The second-order valence-electron chi connectivity index (χ2n) is 6.46. The van der Waals surface area contributed by atoms with Crippen LogP contribution in [-0.2, 0) is 6.42 Å². The van der Waals surface area contributed by atoms with Crippen molar-refractivity contribution in [3.05, 3.63) is 46.8 Å². The van der Waals surface area contributed by atoms with E-state index in [4.69, 9.17) is 5.84 Å². The van der Waals surface area contributed by atoms with Gasteiger partial charge in [-0.05, 0) is 49.1 Å². The Hall–Kier alpha value is -2.91. The second kappa shape index (κ2) is 6.54. The predicted octanol–water partition coefficient (Wildman–Crippen LogP) is 2.26. The molecule has 0 bridgehead atoms. The van der Waals surface area contributed by atoms with E-state index in [1.807, 2.05) is 13.0 Å². The molecular formula is C19H21N5O. The molecule has 6 heteroatoms. The Balaban J connectivity index is 2.11. The molecule has 25 heavy (non-hydrogen) atoms. The smallest absolute Gasteiger partial charge is 0.286 e. The summed E-state index contributed by atoms with van der Waals surface area (Å²) in [5, 5.41) is 10.6. The number of hydrogen-bond donors (Lipinski definition) is 1. The molecule has 0 spiro atoms. The number of hydrogen-bond acceptors (Lipinski definition) is 5. The van der Waals surface area contributed by atoms with Gasteiger partial charge in [-0.1, -0.05) is 0 Å². The maximum atomic E-state index is 12.0. The van der Waals surface area contributed by atoms with Crippen LogP contribution in [0.25, 0.3) is 11.1 Å². The van der Waals surface area contributed by atoms with Crippen molar-refractivity contribution in [2.75, 3.05) is 25.5 Å². The lowest BCUT2D eigenvalue weighted by Gasteiger charge is -2.28. The topological polar surface area (TPSA) is 86.2 Å². The highest BCUT2D eigenvalue weighted by atomic mass is 16.2. The number of aromatic nitrogens is 1. The van der Waals surface area contributed by atoms with Crippen molar-refractivity contribution in [3.63, 3.8) is 0 Å². The normalized spacial score (nSPS) is 13.2. The van der Waals surface area contributed by atoms with Gasteiger partial charge in [0.1, 0.15) is 5.69 Å². The van der Waals surface area contributed by atoms with E-state index in [-0.39, 0.29) is 5.91 Å². The van der Waals surface area contributed by atoms with Crippen molar-refractivity contribution in [2.45, 2.75) is 19.8 Å². The van der Waals surface area contributed by atoms with Gasteiger partial charge in [-0.25, -0.2) is 5.84 Å². The Morgan fingerprint density at radius 3 is 2.76 bits per heavy atom. The molecule has 1 aromatic carbocycles. The number of aryl methyl sites for hydroxylation is 2. The fraction of sp³-hybridized carbons (Fsp3) is 0.316. The van der Waals surface area contributed by atoms with Gasteiger partial charge in [-0.3, -0.25) is 14.8 Å². The van der Waals surface area contributed by atoms with Crippen molar-refractivity contribution < 1.29 is 4.79 Å². The molecule has 2 N–H and O–H groups in total. The summed E-state index contributed by atoms with van der Waals surface area (Å²) in [6.45, 7) is 2.91. The average molecular weight is 335 g/mol. The van der Waals surface area contributed by atoms with Gasteiger partial charge in [-0.2, -0.15) is 5.26 Å². The van der Waals surface area contributed by atoms with Crippen LogP contribution in [0.2, 0.25) is 0 Å². The van der Waals surface area contributed by atoms with Crippen LogP contribution in [0.5, 0.6) is 0 Å². The summed E-state index contributed by atoms with van der Waals surface area (Å²) in [6.07, 6.45) is 3.75. The third kappa shape index (κ3) is 3.06. The highest BCUT2D eigenvalue weighted by Gasteiger charge is 2.19. The third-order valence-electron chi connectivity index (χ3n) is 4.63. The average Bonchev–Trinajstić information content (AvgIpc) is 2.60. The Kier molecular flexibility index (Phi) is 4.43. The molecule has 1 aliphatic rings. The second-order valence-corrected chi connectivity index (χ2v) is 6.46.